The number of sulfonamides is 1. The Morgan fingerprint density at radius 1 is 1.05 bits per heavy atom. The first-order valence-corrected chi connectivity index (χ1v) is 14.8. The number of halogens is 1. The van der Waals surface area contributed by atoms with Crippen molar-refractivity contribution in [2.75, 3.05) is 45.8 Å². The molecular formula is C30H32FN3O4S. The molecular weight excluding hydrogens is 517 g/mol. The van der Waals surface area contributed by atoms with Crippen LogP contribution in [0.25, 0.3) is 16.6 Å². The van der Waals surface area contributed by atoms with Gasteiger partial charge in [-0.05, 0) is 65.9 Å². The Balaban J connectivity index is 1.34. The standard InChI is InChI=1S/C30H32FN3O4S/c1-21-16-28-23(18-32-34(28)25-10-8-24(31)9-11-25)17-26(21)30-20-33(39(35,36)15-14-38-13-12-37-2)19-27(30)29(30)22-6-4-3-5-7-22/h3-11,16-18,27,29H,12-15,19-20H2,1-2H3/t27-,29-,30+/m0/s1. The minimum absolute atomic E-state index is 0.0437. The summed E-state index contributed by atoms with van der Waals surface area (Å²) >= 11 is 0. The summed E-state index contributed by atoms with van der Waals surface area (Å²) in [5, 5.41) is 5.56. The molecule has 9 heteroatoms. The number of piperidine rings is 1. The fourth-order valence-electron chi connectivity index (χ4n) is 6.44. The molecule has 0 N–H and O–H groups in total. The minimum atomic E-state index is -3.47. The first-order valence-electron chi connectivity index (χ1n) is 13.2. The van der Waals surface area contributed by atoms with E-state index >= 15 is 0 Å². The topological polar surface area (TPSA) is 73.7 Å². The lowest BCUT2D eigenvalue weighted by molar-refractivity contribution is 0.0782. The summed E-state index contributed by atoms with van der Waals surface area (Å²) in [7, 11) is -1.88. The third kappa shape index (κ3) is 4.57. The molecule has 1 saturated carbocycles. The normalized spacial score (nSPS) is 22.8. The summed E-state index contributed by atoms with van der Waals surface area (Å²) in [6.45, 7) is 3.98. The van der Waals surface area contributed by atoms with Crippen molar-refractivity contribution < 1.29 is 22.3 Å². The summed E-state index contributed by atoms with van der Waals surface area (Å²) < 4.78 is 54.0. The Morgan fingerprint density at radius 3 is 2.56 bits per heavy atom. The molecule has 1 aliphatic heterocycles. The molecule has 0 amide bonds. The van der Waals surface area contributed by atoms with Crippen LogP contribution < -0.4 is 0 Å². The number of nitrogens with zero attached hydrogens (tertiary/aromatic N) is 3. The smallest absolute Gasteiger partial charge is 0.216 e. The summed E-state index contributed by atoms with van der Waals surface area (Å²) in [4.78, 5) is 0. The van der Waals surface area contributed by atoms with E-state index in [2.05, 4.69) is 36.3 Å². The predicted molar refractivity (Wildman–Crippen MR) is 148 cm³/mol. The zero-order chi connectivity index (χ0) is 27.2. The Labute approximate surface area is 228 Å². The van der Waals surface area contributed by atoms with E-state index in [1.54, 1.807) is 23.5 Å². The summed E-state index contributed by atoms with van der Waals surface area (Å²) in [5.74, 6) is 0.0957. The highest BCUT2D eigenvalue weighted by atomic mass is 32.2. The van der Waals surface area contributed by atoms with E-state index in [1.165, 1.54) is 23.3 Å². The second-order valence-corrected chi connectivity index (χ2v) is 12.6. The molecule has 0 spiro atoms. The summed E-state index contributed by atoms with van der Waals surface area (Å²) in [5.41, 5.74) is 4.92. The van der Waals surface area contributed by atoms with Crippen molar-refractivity contribution in [3.8, 4) is 5.69 Å². The van der Waals surface area contributed by atoms with Crippen molar-refractivity contribution in [1.82, 2.24) is 14.1 Å². The van der Waals surface area contributed by atoms with E-state index in [1.807, 2.05) is 29.1 Å². The van der Waals surface area contributed by atoms with Crippen LogP contribution in [0.15, 0.2) is 72.9 Å². The number of aromatic nitrogens is 2. The van der Waals surface area contributed by atoms with Crippen LogP contribution >= 0.6 is 0 Å². The van der Waals surface area contributed by atoms with Gasteiger partial charge in [0.1, 0.15) is 5.82 Å². The summed E-state index contributed by atoms with van der Waals surface area (Å²) in [6.07, 6.45) is 1.83. The third-order valence-corrected chi connectivity index (χ3v) is 10.1. The van der Waals surface area contributed by atoms with Gasteiger partial charge in [-0.1, -0.05) is 30.3 Å². The average molecular weight is 550 g/mol. The molecule has 1 aliphatic carbocycles. The number of ether oxygens (including phenoxy) is 2. The molecule has 39 heavy (non-hydrogen) atoms. The van der Waals surface area contributed by atoms with Crippen molar-refractivity contribution in [3.63, 3.8) is 0 Å². The molecule has 3 atom stereocenters. The zero-order valence-electron chi connectivity index (χ0n) is 22.1. The van der Waals surface area contributed by atoms with Gasteiger partial charge in [-0.15, -0.1) is 0 Å². The van der Waals surface area contributed by atoms with Crippen LogP contribution in [0.3, 0.4) is 0 Å². The maximum atomic E-state index is 13.5. The molecule has 2 fully saturated rings. The van der Waals surface area contributed by atoms with E-state index in [-0.39, 0.29) is 35.4 Å². The van der Waals surface area contributed by atoms with Crippen LogP contribution in [-0.4, -0.2) is 68.3 Å². The van der Waals surface area contributed by atoms with Crippen molar-refractivity contribution in [1.29, 1.82) is 0 Å². The van der Waals surface area contributed by atoms with Crippen LogP contribution in [0.5, 0.6) is 0 Å². The van der Waals surface area contributed by atoms with Crippen LogP contribution in [-0.2, 0) is 24.9 Å². The lowest BCUT2D eigenvalue weighted by atomic mass is 9.87. The van der Waals surface area contributed by atoms with Crippen molar-refractivity contribution in [2.24, 2.45) is 5.92 Å². The monoisotopic (exact) mass is 549 g/mol. The largest absolute Gasteiger partial charge is 0.382 e. The van der Waals surface area contributed by atoms with Crippen LogP contribution in [0.2, 0.25) is 0 Å². The van der Waals surface area contributed by atoms with Crippen molar-refractivity contribution in [3.05, 3.63) is 95.4 Å². The number of rotatable bonds is 10. The second kappa shape index (κ2) is 10.1. The summed E-state index contributed by atoms with van der Waals surface area (Å²) in [6, 6.07) is 21.0. The van der Waals surface area contributed by atoms with Crippen LogP contribution in [0.4, 0.5) is 4.39 Å². The molecule has 1 aromatic heterocycles. The molecule has 0 unspecified atom stereocenters. The Bertz CT molecular complexity index is 1590. The molecule has 204 valence electrons. The molecule has 2 aliphatic rings. The van der Waals surface area contributed by atoms with E-state index in [0.29, 0.717) is 26.3 Å². The van der Waals surface area contributed by atoms with Gasteiger partial charge in [0.15, 0.2) is 0 Å². The van der Waals surface area contributed by atoms with E-state index in [9.17, 15) is 12.8 Å². The van der Waals surface area contributed by atoms with Gasteiger partial charge < -0.3 is 9.47 Å². The van der Waals surface area contributed by atoms with E-state index < -0.39 is 10.0 Å². The molecule has 1 saturated heterocycles. The van der Waals surface area contributed by atoms with Gasteiger partial charge in [0.05, 0.1) is 43.0 Å². The Kier molecular flexibility index (Phi) is 6.79. The quantitative estimate of drug-likeness (QED) is 0.274. The number of hydrogen-bond acceptors (Lipinski definition) is 5. The number of methoxy groups -OCH3 is 1. The van der Waals surface area contributed by atoms with E-state index in [0.717, 1.165) is 22.2 Å². The molecule has 2 heterocycles. The van der Waals surface area contributed by atoms with Crippen LogP contribution in [0.1, 0.15) is 22.6 Å². The van der Waals surface area contributed by atoms with Gasteiger partial charge in [-0.2, -0.15) is 5.10 Å². The molecule has 6 rings (SSSR count). The molecule has 0 bridgehead atoms. The SMILES string of the molecule is COCCOCCS(=O)(=O)N1C[C@H]2[C@H](c3ccccc3)[C@@]2(c2cc3cnn(-c4ccc(F)cc4)c3cc2C)C1. The highest BCUT2D eigenvalue weighted by Crippen LogP contribution is 2.70. The van der Waals surface area contributed by atoms with Gasteiger partial charge in [0, 0.05) is 36.9 Å². The van der Waals surface area contributed by atoms with E-state index in [4.69, 9.17) is 9.47 Å². The van der Waals surface area contributed by atoms with Gasteiger partial charge in [0.25, 0.3) is 0 Å². The fourth-order valence-corrected chi connectivity index (χ4v) is 7.82. The first kappa shape index (κ1) is 26.1. The van der Waals surface area contributed by atoms with Gasteiger partial charge in [-0.3, -0.25) is 0 Å². The molecule has 7 nitrogen and oxygen atoms in total. The Hall–Kier alpha value is -3.11. The maximum Gasteiger partial charge on any atom is 0.216 e. The third-order valence-electron chi connectivity index (χ3n) is 8.30. The van der Waals surface area contributed by atoms with Crippen LogP contribution in [0, 0.1) is 18.7 Å². The van der Waals surface area contributed by atoms with Crippen molar-refractivity contribution in [2.45, 2.75) is 18.3 Å². The molecule has 4 aromatic rings. The number of benzene rings is 3. The first-order chi connectivity index (χ1) is 18.8. The van der Waals surface area contributed by atoms with Gasteiger partial charge in [-0.25, -0.2) is 21.8 Å². The average Bonchev–Trinajstić information content (AvgIpc) is 3.19. The maximum absolute atomic E-state index is 13.5. The molecule has 0 radical (unpaired) electrons. The highest BCUT2D eigenvalue weighted by Gasteiger charge is 2.71. The second-order valence-electron chi connectivity index (χ2n) is 10.5. The zero-order valence-corrected chi connectivity index (χ0v) is 22.9. The highest BCUT2D eigenvalue weighted by molar-refractivity contribution is 7.89. The Morgan fingerprint density at radius 2 is 1.82 bits per heavy atom. The lowest BCUT2D eigenvalue weighted by Gasteiger charge is -2.25. The predicted octanol–water partition coefficient (Wildman–Crippen LogP) is 4.43. The lowest BCUT2D eigenvalue weighted by Crippen LogP contribution is -2.37. The number of aryl methyl sites for hydroxylation is 1. The van der Waals surface area contributed by atoms with Gasteiger partial charge >= 0.3 is 0 Å². The minimum Gasteiger partial charge on any atom is -0.382 e. The van der Waals surface area contributed by atoms with Crippen molar-refractivity contribution >= 4 is 20.9 Å². The molecule has 3 aromatic carbocycles. The number of hydrogen-bond donors (Lipinski definition) is 0. The fraction of sp³-hybridized carbons (Fsp3) is 0.367. The number of fused-ring (bicyclic) bond motifs is 2. The van der Waals surface area contributed by atoms with Gasteiger partial charge in [0.2, 0.25) is 10.0 Å².